The molecule has 2 N–H and O–H groups in total. The van der Waals surface area contributed by atoms with E-state index >= 15 is 0 Å². The third kappa shape index (κ3) is 2.67. The number of carbonyl (C=O) groups excluding carboxylic acids is 1. The minimum atomic E-state index is -0.209. The van der Waals surface area contributed by atoms with E-state index in [1.807, 2.05) is 12.3 Å². The highest BCUT2D eigenvalue weighted by atomic mass is 16.2. The van der Waals surface area contributed by atoms with E-state index in [4.69, 9.17) is 0 Å². The summed E-state index contributed by atoms with van der Waals surface area (Å²) in [5.41, 5.74) is 3.41. The molecule has 1 aromatic heterocycles. The molecule has 2 aliphatic rings. The first kappa shape index (κ1) is 14.5. The molecule has 0 spiro atoms. The fourth-order valence-electron chi connectivity index (χ4n) is 3.99. The van der Waals surface area contributed by atoms with E-state index in [1.165, 1.54) is 11.1 Å². The lowest BCUT2D eigenvalue weighted by atomic mass is 9.64. The van der Waals surface area contributed by atoms with Crippen molar-refractivity contribution in [3.05, 3.63) is 53.3 Å². The van der Waals surface area contributed by atoms with Crippen molar-refractivity contribution in [3.63, 3.8) is 0 Å². The van der Waals surface area contributed by atoms with Crippen LogP contribution in [0.5, 0.6) is 0 Å². The molecular weight excluding hydrogens is 286 g/mol. The number of aromatic amines is 1. The summed E-state index contributed by atoms with van der Waals surface area (Å²) in [5.74, 6) is 0.222. The molecule has 1 heterocycles. The van der Waals surface area contributed by atoms with Crippen LogP contribution in [0.15, 0.2) is 36.5 Å². The van der Waals surface area contributed by atoms with Gasteiger partial charge in [-0.05, 0) is 49.7 Å². The van der Waals surface area contributed by atoms with Crippen LogP contribution >= 0.6 is 0 Å². The third-order valence-corrected chi connectivity index (χ3v) is 5.52. The topological polar surface area (TPSA) is 57.8 Å². The van der Waals surface area contributed by atoms with Gasteiger partial charge in [0.2, 0.25) is 5.91 Å². The first-order chi connectivity index (χ1) is 11.3. The van der Waals surface area contributed by atoms with Crippen LogP contribution in [0.1, 0.15) is 55.0 Å². The number of fused-ring (bicyclic) bond motifs is 1. The van der Waals surface area contributed by atoms with Gasteiger partial charge in [0.25, 0.3) is 0 Å². The van der Waals surface area contributed by atoms with Gasteiger partial charge in [-0.1, -0.05) is 36.8 Å². The maximum absolute atomic E-state index is 13.0. The predicted octanol–water partition coefficient (Wildman–Crippen LogP) is 3.32. The van der Waals surface area contributed by atoms with E-state index in [2.05, 4.69) is 39.8 Å². The zero-order valence-corrected chi connectivity index (χ0v) is 13.3. The highest BCUT2D eigenvalue weighted by Gasteiger charge is 2.44. The molecular formula is C19H23N3O. The molecule has 1 aromatic carbocycles. The van der Waals surface area contributed by atoms with Crippen LogP contribution in [-0.2, 0) is 17.6 Å². The molecule has 120 valence electrons. The van der Waals surface area contributed by atoms with Gasteiger partial charge < -0.3 is 5.32 Å². The van der Waals surface area contributed by atoms with E-state index in [-0.39, 0.29) is 17.4 Å². The predicted molar refractivity (Wildman–Crippen MR) is 88.8 cm³/mol. The molecule has 1 saturated carbocycles. The molecule has 2 aliphatic carbocycles. The molecule has 0 bridgehead atoms. The Hall–Kier alpha value is -2.10. The van der Waals surface area contributed by atoms with Crippen molar-refractivity contribution in [2.45, 2.75) is 51.0 Å². The number of nitrogens with one attached hydrogen (secondary N) is 2. The van der Waals surface area contributed by atoms with Gasteiger partial charge in [0.15, 0.2) is 0 Å². The third-order valence-electron chi connectivity index (χ3n) is 5.52. The van der Waals surface area contributed by atoms with Crippen molar-refractivity contribution in [1.82, 2.24) is 15.5 Å². The maximum atomic E-state index is 13.0. The fraction of sp³-hybridized carbons (Fsp3) is 0.474. The van der Waals surface area contributed by atoms with Crippen LogP contribution in [-0.4, -0.2) is 16.1 Å². The van der Waals surface area contributed by atoms with Crippen LogP contribution in [0, 0.1) is 5.41 Å². The van der Waals surface area contributed by atoms with Gasteiger partial charge in [0, 0.05) is 0 Å². The summed E-state index contributed by atoms with van der Waals surface area (Å²) in [6.45, 7) is 0. The Bertz CT molecular complexity index is 688. The Balaban J connectivity index is 1.50. The van der Waals surface area contributed by atoms with Crippen LogP contribution in [0.2, 0.25) is 0 Å². The molecule has 2 aromatic rings. The monoisotopic (exact) mass is 309 g/mol. The van der Waals surface area contributed by atoms with Crippen molar-refractivity contribution >= 4 is 5.91 Å². The Morgan fingerprint density at radius 1 is 1.26 bits per heavy atom. The fourth-order valence-corrected chi connectivity index (χ4v) is 3.99. The standard InChI is InChI=1S/C19H23N3O/c23-18(21-16-9-4-8-15-13-20-22-17(15)16)19(10-5-11-19)12-14-6-2-1-3-7-14/h1-3,6-7,13,16H,4-5,8-12H2,(H,20,22)(H,21,23)/t16-/m1/s1. The number of aromatic nitrogens is 2. The molecule has 1 amide bonds. The zero-order chi connectivity index (χ0) is 15.7. The molecule has 4 nitrogen and oxygen atoms in total. The van der Waals surface area contributed by atoms with Crippen LogP contribution < -0.4 is 5.32 Å². The van der Waals surface area contributed by atoms with Gasteiger partial charge in [0.1, 0.15) is 0 Å². The van der Waals surface area contributed by atoms with E-state index in [9.17, 15) is 4.79 Å². The Morgan fingerprint density at radius 2 is 2.09 bits per heavy atom. The Labute approximate surface area is 136 Å². The maximum Gasteiger partial charge on any atom is 0.227 e. The molecule has 23 heavy (non-hydrogen) atoms. The lowest BCUT2D eigenvalue weighted by molar-refractivity contribution is -0.137. The second kappa shape index (κ2) is 5.84. The second-order valence-corrected chi connectivity index (χ2v) is 7.02. The summed E-state index contributed by atoms with van der Waals surface area (Å²) in [7, 11) is 0. The Morgan fingerprint density at radius 3 is 2.83 bits per heavy atom. The van der Waals surface area contributed by atoms with Gasteiger partial charge in [0.05, 0.1) is 23.3 Å². The minimum absolute atomic E-state index is 0.0991. The number of hydrogen-bond acceptors (Lipinski definition) is 2. The molecule has 0 aliphatic heterocycles. The number of aryl methyl sites for hydroxylation is 1. The number of amides is 1. The highest BCUT2D eigenvalue weighted by molar-refractivity contribution is 5.84. The SMILES string of the molecule is O=C(N[C@@H]1CCCc2cn[nH]c21)C1(Cc2ccccc2)CCC1. The minimum Gasteiger partial charge on any atom is -0.347 e. The average molecular weight is 309 g/mol. The van der Waals surface area contributed by atoms with Gasteiger partial charge in [-0.15, -0.1) is 0 Å². The molecule has 4 rings (SSSR count). The zero-order valence-electron chi connectivity index (χ0n) is 13.3. The second-order valence-electron chi connectivity index (χ2n) is 7.02. The average Bonchev–Trinajstić information content (AvgIpc) is 3.01. The molecule has 0 unspecified atom stereocenters. The molecule has 1 atom stereocenters. The molecule has 4 heteroatoms. The number of benzene rings is 1. The summed E-state index contributed by atoms with van der Waals surface area (Å²) >= 11 is 0. The summed E-state index contributed by atoms with van der Waals surface area (Å²) in [6.07, 6.45) is 9.07. The summed E-state index contributed by atoms with van der Waals surface area (Å²) in [6, 6.07) is 10.5. The Kier molecular flexibility index (Phi) is 3.68. The highest BCUT2D eigenvalue weighted by Crippen LogP contribution is 2.44. The van der Waals surface area contributed by atoms with Gasteiger partial charge in [-0.3, -0.25) is 9.89 Å². The quantitative estimate of drug-likeness (QED) is 0.910. The summed E-state index contributed by atoms with van der Waals surface area (Å²) < 4.78 is 0. The van der Waals surface area contributed by atoms with E-state index < -0.39 is 0 Å². The van der Waals surface area contributed by atoms with Gasteiger partial charge in [-0.25, -0.2) is 0 Å². The van der Waals surface area contributed by atoms with Crippen molar-refractivity contribution in [3.8, 4) is 0 Å². The lowest BCUT2D eigenvalue weighted by Crippen LogP contribution is -2.48. The summed E-state index contributed by atoms with van der Waals surface area (Å²) in [5, 5.41) is 10.5. The molecule has 1 fully saturated rings. The largest absolute Gasteiger partial charge is 0.347 e. The normalized spacial score (nSPS) is 22.0. The van der Waals surface area contributed by atoms with Crippen molar-refractivity contribution in [1.29, 1.82) is 0 Å². The van der Waals surface area contributed by atoms with Gasteiger partial charge in [-0.2, -0.15) is 5.10 Å². The lowest BCUT2D eigenvalue weighted by Gasteiger charge is -2.41. The van der Waals surface area contributed by atoms with Crippen LogP contribution in [0.3, 0.4) is 0 Å². The molecule has 0 radical (unpaired) electrons. The smallest absolute Gasteiger partial charge is 0.227 e. The van der Waals surface area contributed by atoms with Crippen molar-refractivity contribution < 1.29 is 4.79 Å². The van der Waals surface area contributed by atoms with E-state index in [1.54, 1.807) is 0 Å². The van der Waals surface area contributed by atoms with E-state index in [0.717, 1.165) is 50.6 Å². The number of carbonyl (C=O) groups is 1. The first-order valence-electron chi connectivity index (χ1n) is 8.64. The molecule has 0 saturated heterocycles. The van der Waals surface area contributed by atoms with Crippen LogP contribution in [0.4, 0.5) is 0 Å². The van der Waals surface area contributed by atoms with Crippen molar-refractivity contribution in [2.24, 2.45) is 5.41 Å². The number of rotatable bonds is 4. The number of nitrogens with zero attached hydrogens (tertiary/aromatic N) is 1. The first-order valence-corrected chi connectivity index (χ1v) is 8.64. The van der Waals surface area contributed by atoms with Crippen LogP contribution in [0.25, 0.3) is 0 Å². The van der Waals surface area contributed by atoms with Gasteiger partial charge >= 0.3 is 0 Å². The van der Waals surface area contributed by atoms with E-state index in [0.29, 0.717) is 0 Å². The number of H-pyrrole nitrogens is 1. The van der Waals surface area contributed by atoms with Crippen molar-refractivity contribution in [2.75, 3.05) is 0 Å². The summed E-state index contributed by atoms with van der Waals surface area (Å²) in [4.78, 5) is 13.0. The number of hydrogen-bond donors (Lipinski definition) is 2.